The first-order chi connectivity index (χ1) is 18.4. The van der Waals surface area contributed by atoms with Crippen LogP contribution in [0.25, 0.3) is 10.9 Å². The maximum absolute atomic E-state index is 14.5. The molecule has 1 aromatic heterocycles. The zero-order valence-electron chi connectivity index (χ0n) is 21.5. The minimum absolute atomic E-state index is 0.0226. The normalized spacial score (nSPS) is 20.3. The van der Waals surface area contributed by atoms with E-state index in [-0.39, 0.29) is 28.9 Å². The van der Waals surface area contributed by atoms with Crippen LogP contribution in [0.2, 0.25) is 5.02 Å². The molecule has 3 aromatic rings. The van der Waals surface area contributed by atoms with Crippen molar-refractivity contribution in [1.29, 1.82) is 0 Å². The fourth-order valence-electron chi connectivity index (χ4n) is 4.92. The van der Waals surface area contributed by atoms with Gasteiger partial charge in [-0.25, -0.2) is 19.2 Å². The number of hydrogen-bond acceptors (Lipinski definition) is 7. The third kappa shape index (κ3) is 5.86. The molecule has 38 heavy (non-hydrogen) atoms. The molecule has 1 aliphatic carbocycles. The Bertz CT molecular complexity index is 1300. The van der Waals surface area contributed by atoms with Gasteiger partial charge in [0, 0.05) is 43.7 Å². The lowest BCUT2D eigenvalue weighted by atomic mass is 9.93. The first-order valence-corrected chi connectivity index (χ1v) is 13.2. The van der Waals surface area contributed by atoms with Gasteiger partial charge in [-0.3, -0.25) is 0 Å². The van der Waals surface area contributed by atoms with E-state index in [1.165, 1.54) is 12.4 Å². The van der Waals surface area contributed by atoms with Crippen molar-refractivity contribution in [2.24, 2.45) is 0 Å². The van der Waals surface area contributed by atoms with Gasteiger partial charge in [0.1, 0.15) is 12.1 Å². The lowest BCUT2D eigenvalue weighted by molar-refractivity contribution is 0.126. The summed E-state index contributed by atoms with van der Waals surface area (Å²) < 4.78 is 26.5. The summed E-state index contributed by atoms with van der Waals surface area (Å²) >= 11 is 5.94. The Kier molecular flexibility index (Phi) is 7.99. The van der Waals surface area contributed by atoms with Gasteiger partial charge in [0.15, 0.2) is 17.3 Å². The summed E-state index contributed by atoms with van der Waals surface area (Å²) in [5.74, 6) is 0.998. The number of methoxy groups -OCH3 is 1. The molecule has 0 radical (unpaired) electrons. The van der Waals surface area contributed by atoms with Gasteiger partial charge in [-0.05, 0) is 50.9 Å². The van der Waals surface area contributed by atoms with Crippen LogP contribution in [0.4, 0.5) is 20.7 Å². The number of anilines is 2. The second-order valence-corrected chi connectivity index (χ2v) is 10.2. The number of carbonyl (C=O) groups is 1. The fourth-order valence-corrected chi connectivity index (χ4v) is 5.10. The Morgan fingerprint density at radius 3 is 2.58 bits per heavy atom. The van der Waals surface area contributed by atoms with Crippen molar-refractivity contribution in [1.82, 2.24) is 25.1 Å². The zero-order valence-corrected chi connectivity index (χ0v) is 22.3. The van der Waals surface area contributed by atoms with Crippen LogP contribution in [0.1, 0.15) is 25.7 Å². The molecule has 5 rings (SSSR count). The smallest absolute Gasteiger partial charge is 0.317 e. The van der Waals surface area contributed by atoms with Crippen LogP contribution in [0.15, 0.2) is 36.7 Å². The first kappa shape index (κ1) is 26.2. The van der Waals surface area contributed by atoms with Crippen LogP contribution >= 0.6 is 11.6 Å². The molecule has 9 nitrogen and oxygen atoms in total. The molecular formula is C27H32ClFN6O3. The fraction of sp³-hybridized carbons (Fsp3) is 0.444. The van der Waals surface area contributed by atoms with Gasteiger partial charge in [0.2, 0.25) is 0 Å². The molecule has 0 spiro atoms. The van der Waals surface area contributed by atoms with Crippen molar-refractivity contribution in [3.05, 3.63) is 47.5 Å². The highest BCUT2D eigenvalue weighted by Gasteiger charge is 2.27. The Morgan fingerprint density at radius 1 is 1.08 bits per heavy atom. The molecule has 2 fully saturated rings. The van der Waals surface area contributed by atoms with E-state index >= 15 is 0 Å². The summed E-state index contributed by atoms with van der Waals surface area (Å²) in [6.45, 7) is 3.32. The molecule has 1 saturated carbocycles. The highest BCUT2D eigenvalue weighted by molar-refractivity contribution is 6.31. The van der Waals surface area contributed by atoms with Crippen molar-refractivity contribution < 1.29 is 18.7 Å². The molecule has 1 saturated heterocycles. The van der Waals surface area contributed by atoms with E-state index in [1.54, 1.807) is 25.3 Å². The lowest BCUT2D eigenvalue weighted by Gasteiger charge is -2.35. The van der Waals surface area contributed by atoms with E-state index in [0.717, 1.165) is 51.9 Å². The number of carbonyl (C=O) groups excluding carboxylic acids is 1. The first-order valence-electron chi connectivity index (χ1n) is 12.9. The second kappa shape index (κ2) is 11.6. The monoisotopic (exact) mass is 542 g/mol. The van der Waals surface area contributed by atoms with Gasteiger partial charge in [0.25, 0.3) is 0 Å². The van der Waals surface area contributed by atoms with Crippen molar-refractivity contribution in [3.8, 4) is 11.5 Å². The predicted molar refractivity (Wildman–Crippen MR) is 145 cm³/mol. The summed E-state index contributed by atoms with van der Waals surface area (Å²) in [6, 6.07) is 8.51. The summed E-state index contributed by atoms with van der Waals surface area (Å²) in [6.07, 6.45) is 4.67. The Labute approximate surface area is 226 Å². The van der Waals surface area contributed by atoms with Gasteiger partial charge < -0.3 is 29.9 Å². The van der Waals surface area contributed by atoms with Crippen LogP contribution in [-0.4, -0.2) is 78.3 Å². The molecule has 2 heterocycles. The number of fused-ring (bicyclic) bond motifs is 1. The van der Waals surface area contributed by atoms with Gasteiger partial charge in [0.05, 0.1) is 29.4 Å². The average Bonchev–Trinajstić information content (AvgIpc) is 2.92. The molecule has 0 atom stereocenters. The molecule has 2 N–H and O–H groups in total. The molecule has 2 amide bonds. The summed E-state index contributed by atoms with van der Waals surface area (Å²) in [5.41, 5.74) is 0.845. The Balaban J connectivity index is 1.26. The molecule has 1 aliphatic heterocycles. The number of amides is 2. The summed E-state index contributed by atoms with van der Waals surface area (Å²) in [5, 5.41) is 6.91. The molecule has 2 aliphatic rings. The quantitative estimate of drug-likeness (QED) is 0.461. The van der Waals surface area contributed by atoms with Gasteiger partial charge in [-0.15, -0.1) is 0 Å². The Morgan fingerprint density at radius 2 is 1.84 bits per heavy atom. The van der Waals surface area contributed by atoms with E-state index in [0.29, 0.717) is 28.2 Å². The van der Waals surface area contributed by atoms with E-state index in [2.05, 4.69) is 32.5 Å². The number of likely N-dealkylation sites (N-methyl/N-ethyl adjacent to an activating group) is 1. The second-order valence-electron chi connectivity index (χ2n) is 9.80. The molecule has 2 aromatic carbocycles. The number of nitrogens with zero attached hydrogens (tertiary/aromatic N) is 4. The Hall–Kier alpha value is -3.37. The van der Waals surface area contributed by atoms with Crippen molar-refractivity contribution in [3.63, 3.8) is 0 Å². The molecule has 0 unspecified atom stereocenters. The summed E-state index contributed by atoms with van der Waals surface area (Å²) in [4.78, 5) is 25.4. The molecule has 202 valence electrons. The molecule has 0 bridgehead atoms. The molecule has 11 heteroatoms. The predicted octanol–water partition coefficient (Wildman–Crippen LogP) is 4.82. The number of ether oxygens (including phenoxy) is 2. The topological polar surface area (TPSA) is 91.8 Å². The number of piperazine rings is 1. The largest absolute Gasteiger partial charge is 0.493 e. The number of urea groups is 1. The van der Waals surface area contributed by atoms with E-state index in [9.17, 15) is 9.18 Å². The van der Waals surface area contributed by atoms with Crippen molar-refractivity contribution in [2.75, 3.05) is 45.7 Å². The number of benzene rings is 2. The van der Waals surface area contributed by atoms with E-state index < -0.39 is 5.82 Å². The minimum atomic E-state index is -0.553. The number of hydrogen-bond donors (Lipinski definition) is 2. The summed E-state index contributed by atoms with van der Waals surface area (Å²) in [7, 11) is 3.66. The van der Waals surface area contributed by atoms with Gasteiger partial charge in [-0.1, -0.05) is 17.7 Å². The highest BCUT2D eigenvalue weighted by atomic mass is 35.5. The van der Waals surface area contributed by atoms with Crippen LogP contribution in [0.5, 0.6) is 11.5 Å². The van der Waals surface area contributed by atoms with E-state index in [4.69, 9.17) is 21.1 Å². The van der Waals surface area contributed by atoms with Crippen molar-refractivity contribution in [2.45, 2.75) is 37.8 Å². The van der Waals surface area contributed by atoms with Gasteiger partial charge in [-0.2, -0.15) is 0 Å². The maximum atomic E-state index is 14.5. The van der Waals surface area contributed by atoms with E-state index in [1.807, 2.05) is 11.0 Å². The van der Waals surface area contributed by atoms with Crippen LogP contribution in [-0.2, 0) is 0 Å². The molecular weight excluding hydrogens is 511 g/mol. The zero-order chi connectivity index (χ0) is 26.6. The minimum Gasteiger partial charge on any atom is -0.493 e. The maximum Gasteiger partial charge on any atom is 0.317 e. The van der Waals surface area contributed by atoms with Gasteiger partial charge >= 0.3 is 6.03 Å². The lowest BCUT2D eigenvalue weighted by Crippen LogP contribution is -2.53. The standard InChI is InChI=1S/C27H32ClFN6O3/c1-34-10-12-35(13-11-34)27(36)32-17-6-8-18(9-7-17)38-24-14-19-22(15-23(24)37-2)30-16-31-26(19)33-21-5-3-4-20(28)25(21)29/h3-5,14-18H,6-13H2,1-2H3,(H,32,36)(H,30,31,33). The van der Waals surface area contributed by atoms with Crippen LogP contribution in [0.3, 0.4) is 0 Å². The van der Waals surface area contributed by atoms with Crippen molar-refractivity contribution >= 4 is 40.0 Å². The number of nitrogens with one attached hydrogen (secondary N) is 2. The third-order valence-corrected chi connectivity index (χ3v) is 7.50. The third-order valence-electron chi connectivity index (χ3n) is 7.21. The number of halogens is 2. The van der Waals surface area contributed by atoms with Crippen LogP contribution < -0.4 is 20.1 Å². The average molecular weight is 543 g/mol. The number of aromatic nitrogens is 2. The SMILES string of the molecule is COc1cc2ncnc(Nc3cccc(Cl)c3F)c2cc1OC1CCC(NC(=O)N2CCN(C)CC2)CC1. The van der Waals surface area contributed by atoms with Crippen LogP contribution in [0, 0.1) is 5.82 Å². The highest BCUT2D eigenvalue weighted by Crippen LogP contribution is 2.37. The number of rotatable bonds is 6.